The summed E-state index contributed by atoms with van der Waals surface area (Å²) in [5.74, 6) is 0.922. The number of hydrogen-bond donors (Lipinski definition) is 1. The maximum atomic E-state index is 12.7. The maximum Gasteiger partial charge on any atom is 0.254 e. The molecular weight excluding hydrogens is 264 g/mol. The van der Waals surface area contributed by atoms with Gasteiger partial charge in [0.25, 0.3) is 5.91 Å². The van der Waals surface area contributed by atoms with Gasteiger partial charge in [-0.15, -0.1) is 0 Å². The molecule has 21 heavy (non-hydrogen) atoms. The molecule has 0 radical (unpaired) electrons. The number of carbonyl (C=O) groups is 1. The summed E-state index contributed by atoms with van der Waals surface area (Å²) >= 11 is 0. The molecule has 2 aliphatic heterocycles. The summed E-state index contributed by atoms with van der Waals surface area (Å²) in [5.41, 5.74) is 0.743. The summed E-state index contributed by atoms with van der Waals surface area (Å²) in [7, 11) is 0. The molecule has 5 heteroatoms. The smallest absolute Gasteiger partial charge is 0.254 e. The molecule has 1 atom stereocenters. The number of nitrogens with one attached hydrogen (secondary N) is 1. The normalized spacial score (nSPS) is 22.7. The zero-order valence-electron chi connectivity index (χ0n) is 12.7. The quantitative estimate of drug-likeness (QED) is 0.922. The minimum absolute atomic E-state index is 0.144. The van der Waals surface area contributed by atoms with Crippen LogP contribution >= 0.6 is 0 Å². The van der Waals surface area contributed by atoms with Gasteiger partial charge in [0.15, 0.2) is 0 Å². The van der Waals surface area contributed by atoms with E-state index in [1.165, 1.54) is 19.4 Å². The Morgan fingerprint density at radius 1 is 1.38 bits per heavy atom. The first kappa shape index (κ1) is 14.3. The van der Waals surface area contributed by atoms with Crippen LogP contribution in [-0.4, -0.2) is 59.5 Å². The van der Waals surface area contributed by atoms with E-state index in [0.29, 0.717) is 6.04 Å². The van der Waals surface area contributed by atoms with Gasteiger partial charge in [0, 0.05) is 44.0 Å². The van der Waals surface area contributed by atoms with Gasteiger partial charge in [-0.05, 0) is 44.9 Å². The second-order valence-corrected chi connectivity index (χ2v) is 5.90. The fourth-order valence-corrected chi connectivity index (χ4v) is 3.42. The van der Waals surface area contributed by atoms with E-state index in [1.807, 2.05) is 24.0 Å². The highest BCUT2D eigenvalue weighted by atomic mass is 16.2. The fourth-order valence-electron chi connectivity index (χ4n) is 3.42. The molecule has 0 bridgehead atoms. The van der Waals surface area contributed by atoms with Crippen molar-refractivity contribution in [2.45, 2.75) is 32.2 Å². The van der Waals surface area contributed by atoms with Gasteiger partial charge in [-0.1, -0.05) is 0 Å². The van der Waals surface area contributed by atoms with Gasteiger partial charge in [0.1, 0.15) is 5.82 Å². The lowest BCUT2D eigenvalue weighted by Gasteiger charge is -2.25. The molecule has 0 aliphatic carbocycles. The molecule has 5 nitrogen and oxygen atoms in total. The molecule has 3 heterocycles. The standard InChI is InChI=1S/C16H24N4O/c1-2-17-15-11-13(6-7-18-15)16(21)20-10-4-9-19-8-3-5-14(19)12-20/h6-7,11,14H,2-5,8-10,12H2,1H3,(H,17,18). The van der Waals surface area contributed by atoms with Crippen LogP contribution < -0.4 is 5.32 Å². The highest BCUT2D eigenvalue weighted by Crippen LogP contribution is 2.22. The van der Waals surface area contributed by atoms with E-state index in [1.54, 1.807) is 6.20 Å². The van der Waals surface area contributed by atoms with E-state index >= 15 is 0 Å². The predicted molar refractivity (Wildman–Crippen MR) is 83.5 cm³/mol. The Labute approximate surface area is 126 Å². The molecule has 1 aromatic heterocycles. The highest BCUT2D eigenvalue weighted by Gasteiger charge is 2.30. The number of nitrogens with zero attached hydrogens (tertiary/aromatic N) is 3. The Bertz CT molecular complexity index is 505. The number of rotatable bonds is 3. The van der Waals surface area contributed by atoms with E-state index in [2.05, 4.69) is 15.2 Å². The maximum absolute atomic E-state index is 12.7. The second-order valence-electron chi connectivity index (χ2n) is 5.90. The molecule has 0 saturated carbocycles. The van der Waals surface area contributed by atoms with Crippen LogP contribution in [0, 0.1) is 0 Å². The van der Waals surface area contributed by atoms with Gasteiger partial charge in [-0.3, -0.25) is 9.69 Å². The van der Waals surface area contributed by atoms with Crippen LogP contribution in [0.3, 0.4) is 0 Å². The van der Waals surface area contributed by atoms with Gasteiger partial charge in [-0.25, -0.2) is 4.98 Å². The van der Waals surface area contributed by atoms with E-state index in [-0.39, 0.29) is 5.91 Å². The van der Waals surface area contributed by atoms with Crippen molar-refractivity contribution in [1.29, 1.82) is 0 Å². The van der Waals surface area contributed by atoms with Crippen molar-refractivity contribution < 1.29 is 4.79 Å². The van der Waals surface area contributed by atoms with Gasteiger partial charge >= 0.3 is 0 Å². The van der Waals surface area contributed by atoms with Gasteiger partial charge in [0.2, 0.25) is 0 Å². The SMILES string of the molecule is CCNc1cc(C(=O)N2CCCN3CCCC3C2)ccn1. The molecule has 3 rings (SSSR count). The predicted octanol–water partition coefficient (Wildman–Crippen LogP) is 1.82. The minimum Gasteiger partial charge on any atom is -0.370 e. The van der Waals surface area contributed by atoms with Crippen LogP contribution in [0.2, 0.25) is 0 Å². The third-order valence-electron chi connectivity index (χ3n) is 4.46. The molecule has 0 spiro atoms. The molecule has 0 aromatic carbocycles. The van der Waals surface area contributed by atoms with Crippen molar-refractivity contribution >= 4 is 11.7 Å². The fraction of sp³-hybridized carbons (Fsp3) is 0.625. The lowest BCUT2D eigenvalue weighted by molar-refractivity contribution is 0.0743. The van der Waals surface area contributed by atoms with Crippen molar-refractivity contribution in [3.63, 3.8) is 0 Å². The molecule has 1 amide bonds. The Kier molecular flexibility index (Phi) is 4.39. The van der Waals surface area contributed by atoms with E-state index in [4.69, 9.17) is 0 Å². The molecule has 1 N–H and O–H groups in total. The van der Waals surface area contributed by atoms with Crippen molar-refractivity contribution in [2.75, 3.05) is 38.0 Å². The van der Waals surface area contributed by atoms with E-state index < -0.39 is 0 Å². The molecule has 1 unspecified atom stereocenters. The number of carbonyl (C=O) groups excluding carboxylic acids is 1. The molecule has 2 fully saturated rings. The molecule has 2 aliphatic rings. The monoisotopic (exact) mass is 288 g/mol. The lowest BCUT2D eigenvalue weighted by Crippen LogP contribution is -2.39. The van der Waals surface area contributed by atoms with E-state index in [9.17, 15) is 4.79 Å². The summed E-state index contributed by atoms with van der Waals surface area (Å²) in [5, 5.41) is 3.16. The highest BCUT2D eigenvalue weighted by molar-refractivity contribution is 5.94. The molecule has 2 saturated heterocycles. The zero-order valence-corrected chi connectivity index (χ0v) is 12.7. The Balaban J connectivity index is 1.73. The van der Waals surface area contributed by atoms with Crippen molar-refractivity contribution in [3.05, 3.63) is 23.9 Å². The number of fused-ring (bicyclic) bond motifs is 1. The Morgan fingerprint density at radius 3 is 3.10 bits per heavy atom. The van der Waals surface area contributed by atoms with E-state index in [0.717, 1.165) is 44.0 Å². The van der Waals surface area contributed by atoms with Crippen molar-refractivity contribution in [1.82, 2.24) is 14.8 Å². The van der Waals surface area contributed by atoms with Crippen molar-refractivity contribution in [2.24, 2.45) is 0 Å². The summed E-state index contributed by atoms with van der Waals surface area (Å²) < 4.78 is 0. The number of aromatic nitrogens is 1. The Hall–Kier alpha value is -1.62. The third-order valence-corrected chi connectivity index (χ3v) is 4.46. The van der Waals surface area contributed by atoms with Crippen LogP contribution in [-0.2, 0) is 0 Å². The van der Waals surface area contributed by atoms with Crippen LogP contribution in [0.5, 0.6) is 0 Å². The zero-order chi connectivity index (χ0) is 14.7. The van der Waals surface area contributed by atoms with Gasteiger partial charge in [0.05, 0.1) is 0 Å². The number of hydrogen-bond acceptors (Lipinski definition) is 4. The molecule has 114 valence electrons. The lowest BCUT2D eigenvalue weighted by atomic mass is 10.2. The third kappa shape index (κ3) is 3.18. The van der Waals surface area contributed by atoms with Crippen LogP contribution in [0.4, 0.5) is 5.82 Å². The number of amides is 1. The summed E-state index contributed by atoms with van der Waals surface area (Å²) in [4.78, 5) is 21.6. The van der Waals surface area contributed by atoms with Gasteiger partial charge < -0.3 is 10.2 Å². The number of pyridine rings is 1. The van der Waals surface area contributed by atoms with Crippen molar-refractivity contribution in [3.8, 4) is 0 Å². The first-order valence-electron chi connectivity index (χ1n) is 8.01. The van der Waals surface area contributed by atoms with Crippen LogP contribution in [0.25, 0.3) is 0 Å². The van der Waals surface area contributed by atoms with Crippen LogP contribution in [0.15, 0.2) is 18.3 Å². The Morgan fingerprint density at radius 2 is 2.24 bits per heavy atom. The topological polar surface area (TPSA) is 48.5 Å². The first-order valence-corrected chi connectivity index (χ1v) is 8.01. The van der Waals surface area contributed by atoms with Crippen LogP contribution in [0.1, 0.15) is 36.5 Å². The van der Waals surface area contributed by atoms with Gasteiger partial charge in [-0.2, -0.15) is 0 Å². The molecular formula is C16H24N4O. The first-order chi connectivity index (χ1) is 10.3. The summed E-state index contributed by atoms with van der Waals surface area (Å²) in [6.45, 7) is 6.91. The minimum atomic E-state index is 0.144. The largest absolute Gasteiger partial charge is 0.370 e. The average Bonchev–Trinajstić information content (AvgIpc) is 2.84. The average molecular weight is 288 g/mol. The summed E-state index contributed by atoms with van der Waals surface area (Å²) in [6.07, 6.45) is 5.29. The second kappa shape index (κ2) is 6.43. The number of anilines is 1. The summed E-state index contributed by atoms with van der Waals surface area (Å²) in [6, 6.07) is 4.25. The molecule has 1 aromatic rings.